The highest BCUT2D eigenvalue weighted by Gasteiger charge is 2.15. The Morgan fingerprint density at radius 3 is 2.71 bits per heavy atom. The average molecular weight is 190 g/mol. The molecule has 0 fully saturated rings. The summed E-state index contributed by atoms with van der Waals surface area (Å²) in [7, 11) is 0. The number of aromatic nitrogens is 1. The molecular weight excluding hydrogens is 180 g/mol. The van der Waals surface area contributed by atoms with Gasteiger partial charge < -0.3 is 4.57 Å². The fourth-order valence-electron chi connectivity index (χ4n) is 1.51. The standard InChI is InChI=1S/C10H10N2O2/c13-12(14)10-4-3-9(7-10)8-11-5-1-2-6-11/h1-2,4-7H,3,8H2. The summed E-state index contributed by atoms with van der Waals surface area (Å²) in [4.78, 5) is 10.1. The first kappa shape index (κ1) is 8.74. The van der Waals surface area contributed by atoms with Crippen LogP contribution in [0, 0.1) is 10.1 Å². The van der Waals surface area contributed by atoms with Crippen LogP contribution >= 0.6 is 0 Å². The third-order valence-corrected chi connectivity index (χ3v) is 2.19. The molecule has 2 rings (SSSR count). The molecule has 1 aliphatic rings. The third kappa shape index (κ3) is 1.74. The minimum Gasteiger partial charge on any atom is -0.350 e. The van der Waals surface area contributed by atoms with Crippen LogP contribution in [0.5, 0.6) is 0 Å². The third-order valence-electron chi connectivity index (χ3n) is 2.19. The van der Waals surface area contributed by atoms with Gasteiger partial charge in [-0.2, -0.15) is 0 Å². The molecule has 72 valence electrons. The van der Waals surface area contributed by atoms with Crippen LogP contribution in [0.3, 0.4) is 0 Å². The summed E-state index contributed by atoms with van der Waals surface area (Å²) < 4.78 is 2.00. The Balaban J connectivity index is 2.04. The second-order valence-corrected chi connectivity index (χ2v) is 3.25. The van der Waals surface area contributed by atoms with E-state index in [0.29, 0.717) is 6.42 Å². The van der Waals surface area contributed by atoms with Gasteiger partial charge >= 0.3 is 0 Å². The molecule has 4 nitrogen and oxygen atoms in total. The summed E-state index contributed by atoms with van der Waals surface area (Å²) in [6.45, 7) is 0.737. The number of nitrogens with zero attached hydrogens (tertiary/aromatic N) is 2. The largest absolute Gasteiger partial charge is 0.350 e. The van der Waals surface area contributed by atoms with Crippen molar-refractivity contribution >= 4 is 0 Å². The molecule has 1 aliphatic carbocycles. The molecule has 0 aromatic carbocycles. The topological polar surface area (TPSA) is 48.1 Å². The van der Waals surface area contributed by atoms with E-state index in [4.69, 9.17) is 0 Å². The molecule has 1 heterocycles. The summed E-state index contributed by atoms with van der Waals surface area (Å²) in [6.07, 6.45) is 7.89. The van der Waals surface area contributed by atoms with Crippen LogP contribution in [0.15, 0.2) is 47.9 Å². The lowest BCUT2D eigenvalue weighted by Crippen LogP contribution is -1.96. The zero-order valence-electron chi connectivity index (χ0n) is 7.59. The summed E-state index contributed by atoms with van der Waals surface area (Å²) in [5.74, 6) is 0. The van der Waals surface area contributed by atoms with Gasteiger partial charge in [0, 0.05) is 25.0 Å². The number of nitro groups is 1. The van der Waals surface area contributed by atoms with Gasteiger partial charge in [0.1, 0.15) is 0 Å². The van der Waals surface area contributed by atoms with E-state index >= 15 is 0 Å². The molecule has 1 aromatic rings. The Bertz CT molecular complexity index is 402. The number of rotatable bonds is 3. The molecule has 0 saturated carbocycles. The van der Waals surface area contributed by atoms with E-state index in [1.165, 1.54) is 0 Å². The lowest BCUT2D eigenvalue weighted by atomic mass is 10.2. The normalized spacial score (nSPS) is 15.1. The Kier molecular flexibility index (Phi) is 2.18. The van der Waals surface area contributed by atoms with Gasteiger partial charge in [0.25, 0.3) is 5.70 Å². The van der Waals surface area contributed by atoms with E-state index in [2.05, 4.69) is 0 Å². The molecule has 0 bridgehead atoms. The minimum absolute atomic E-state index is 0.215. The van der Waals surface area contributed by atoms with Crippen LogP contribution in [-0.4, -0.2) is 9.49 Å². The molecule has 4 heteroatoms. The van der Waals surface area contributed by atoms with E-state index in [9.17, 15) is 10.1 Å². The predicted octanol–water partition coefficient (Wildman–Crippen LogP) is 1.98. The van der Waals surface area contributed by atoms with Crippen LogP contribution in [0.2, 0.25) is 0 Å². The lowest BCUT2D eigenvalue weighted by Gasteiger charge is -2.01. The van der Waals surface area contributed by atoms with Crippen molar-refractivity contribution in [1.82, 2.24) is 4.57 Å². The second kappa shape index (κ2) is 3.49. The number of hydrogen-bond donors (Lipinski definition) is 0. The highest BCUT2D eigenvalue weighted by atomic mass is 16.6. The van der Waals surface area contributed by atoms with Gasteiger partial charge in [-0.3, -0.25) is 10.1 Å². The number of allylic oxidation sites excluding steroid dienone is 3. The van der Waals surface area contributed by atoms with Gasteiger partial charge in [0.05, 0.1) is 4.92 Å². The van der Waals surface area contributed by atoms with E-state index in [1.807, 2.05) is 29.1 Å². The van der Waals surface area contributed by atoms with E-state index in [0.717, 1.165) is 12.1 Å². The van der Waals surface area contributed by atoms with Crippen molar-refractivity contribution < 1.29 is 4.92 Å². The molecule has 0 spiro atoms. The zero-order chi connectivity index (χ0) is 9.97. The first-order valence-electron chi connectivity index (χ1n) is 4.40. The van der Waals surface area contributed by atoms with E-state index in [-0.39, 0.29) is 10.6 Å². The van der Waals surface area contributed by atoms with Crippen molar-refractivity contribution in [3.63, 3.8) is 0 Å². The average Bonchev–Trinajstić information content (AvgIpc) is 2.75. The Hall–Kier alpha value is -1.84. The first-order chi connectivity index (χ1) is 6.75. The molecule has 0 unspecified atom stereocenters. The summed E-state index contributed by atoms with van der Waals surface area (Å²) in [5, 5.41) is 10.4. The molecular formula is C10H10N2O2. The molecule has 0 aliphatic heterocycles. The predicted molar refractivity (Wildman–Crippen MR) is 52.2 cm³/mol. The van der Waals surface area contributed by atoms with Crippen molar-refractivity contribution in [3.05, 3.63) is 58.1 Å². The van der Waals surface area contributed by atoms with Crippen molar-refractivity contribution in [3.8, 4) is 0 Å². The summed E-state index contributed by atoms with van der Waals surface area (Å²) in [5.41, 5.74) is 1.29. The maximum atomic E-state index is 10.4. The fraction of sp³-hybridized carbons (Fsp3) is 0.200. The molecule has 0 saturated heterocycles. The van der Waals surface area contributed by atoms with Crippen molar-refractivity contribution in [2.24, 2.45) is 0 Å². The highest BCUT2D eigenvalue weighted by Crippen LogP contribution is 2.19. The zero-order valence-corrected chi connectivity index (χ0v) is 7.59. The van der Waals surface area contributed by atoms with Gasteiger partial charge in [-0.15, -0.1) is 0 Å². The first-order valence-corrected chi connectivity index (χ1v) is 4.40. The van der Waals surface area contributed by atoms with Gasteiger partial charge in [-0.05, 0) is 30.2 Å². The Morgan fingerprint density at radius 1 is 1.43 bits per heavy atom. The maximum absolute atomic E-state index is 10.4. The van der Waals surface area contributed by atoms with Gasteiger partial charge in [0.15, 0.2) is 0 Å². The fourth-order valence-corrected chi connectivity index (χ4v) is 1.51. The van der Waals surface area contributed by atoms with Crippen molar-refractivity contribution in [2.45, 2.75) is 13.0 Å². The Labute approximate surface area is 81.3 Å². The van der Waals surface area contributed by atoms with Gasteiger partial charge in [-0.1, -0.05) is 0 Å². The molecule has 1 aromatic heterocycles. The van der Waals surface area contributed by atoms with Crippen LogP contribution in [0.4, 0.5) is 0 Å². The van der Waals surface area contributed by atoms with Crippen LogP contribution in [-0.2, 0) is 6.54 Å². The van der Waals surface area contributed by atoms with Crippen LogP contribution < -0.4 is 0 Å². The molecule has 14 heavy (non-hydrogen) atoms. The minimum atomic E-state index is -0.345. The van der Waals surface area contributed by atoms with Gasteiger partial charge in [-0.25, -0.2) is 0 Å². The summed E-state index contributed by atoms with van der Waals surface area (Å²) >= 11 is 0. The molecule has 0 radical (unpaired) electrons. The quantitative estimate of drug-likeness (QED) is 0.540. The summed E-state index contributed by atoms with van der Waals surface area (Å²) in [6, 6.07) is 3.88. The smallest absolute Gasteiger partial charge is 0.265 e. The lowest BCUT2D eigenvalue weighted by molar-refractivity contribution is -0.418. The van der Waals surface area contributed by atoms with E-state index in [1.54, 1.807) is 12.2 Å². The van der Waals surface area contributed by atoms with Crippen LogP contribution in [0.25, 0.3) is 0 Å². The molecule has 0 amide bonds. The van der Waals surface area contributed by atoms with Crippen molar-refractivity contribution in [2.75, 3.05) is 0 Å². The van der Waals surface area contributed by atoms with E-state index < -0.39 is 0 Å². The maximum Gasteiger partial charge on any atom is 0.265 e. The second-order valence-electron chi connectivity index (χ2n) is 3.25. The SMILES string of the molecule is O=[N+]([O-])C1=CCC(Cn2cccc2)=C1. The highest BCUT2D eigenvalue weighted by molar-refractivity contribution is 5.27. The monoisotopic (exact) mass is 190 g/mol. The number of hydrogen-bond acceptors (Lipinski definition) is 2. The molecule has 0 N–H and O–H groups in total. The molecule has 0 atom stereocenters. The van der Waals surface area contributed by atoms with Crippen molar-refractivity contribution in [1.29, 1.82) is 0 Å². The van der Waals surface area contributed by atoms with Gasteiger partial charge in [0.2, 0.25) is 0 Å². The van der Waals surface area contributed by atoms with Crippen LogP contribution in [0.1, 0.15) is 6.42 Å². The Morgan fingerprint density at radius 2 is 2.14 bits per heavy atom.